The minimum atomic E-state index is -0.242. The van der Waals surface area contributed by atoms with Crippen LogP contribution in [-0.4, -0.2) is 18.2 Å². The predicted octanol–water partition coefficient (Wildman–Crippen LogP) is 6.28. The van der Waals surface area contributed by atoms with E-state index in [-0.39, 0.29) is 11.9 Å². The molecule has 178 valence electrons. The molecule has 2 N–H and O–H groups in total. The van der Waals surface area contributed by atoms with Gasteiger partial charge in [0.25, 0.3) is 0 Å². The molecule has 1 atom stereocenters. The van der Waals surface area contributed by atoms with Gasteiger partial charge in [0, 0.05) is 37.0 Å². The molecular weight excluding hydrogens is 431 g/mol. The third kappa shape index (κ3) is 6.22. The average molecular weight is 463 g/mol. The molecule has 0 aliphatic carbocycles. The van der Waals surface area contributed by atoms with Crippen LogP contribution < -0.4 is 10.5 Å². The van der Waals surface area contributed by atoms with E-state index in [1.165, 1.54) is 12.1 Å². The summed E-state index contributed by atoms with van der Waals surface area (Å²) in [6, 6.07) is 16.3. The van der Waals surface area contributed by atoms with Gasteiger partial charge in [-0.05, 0) is 67.6 Å². The fourth-order valence-corrected chi connectivity index (χ4v) is 4.07. The number of rotatable bonds is 12. The molecule has 6 heteroatoms. The topological polar surface area (TPSA) is 70.5 Å². The van der Waals surface area contributed by atoms with Crippen molar-refractivity contribution in [1.29, 1.82) is 0 Å². The summed E-state index contributed by atoms with van der Waals surface area (Å²) in [6.07, 6.45) is 6.82. The van der Waals surface area contributed by atoms with Gasteiger partial charge < -0.3 is 19.6 Å². The largest absolute Gasteiger partial charge is 0.493 e. The minimum Gasteiger partial charge on any atom is -0.493 e. The van der Waals surface area contributed by atoms with Crippen LogP contribution in [0.5, 0.6) is 5.75 Å². The van der Waals surface area contributed by atoms with E-state index in [0.717, 1.165) is 64.9 Å². The molecule has 2 aromatic carbocycles. The highest BCUT2D eigenvalue weighted by molar-refractivity contribution is 5.88. The second-order valence-corrected chi connectivity index (χ2v) is 8.45. The van der Waals surface area contributed by atoms with Crippen LogP contribution in [0.4, 0.5) is 4.39 Å². The van der Waals surface area contributed by atoms with Gasteiger partial charge in [-0.15, -0.1) is 0 Å². The molecule has 0 aliphatic heterocycles. The van der Waals surface area contributed by atoms with Crippen LogP contribution in [0.3, 0.4) is 0 Å². The van der Waals surface area contributed by atoms with Gasteiger partial charge in [-0.2, -0.15) is 0 Å². The molecule has 0 bridgehead atoms. The van der Waals surface area contributed by atoms with E-state index in [1.807, 2.05) is 42.6 Å². The Balaban J connectivity index is 1.27. The van der Waals surface area contributed by atoms with E-state index >= 15 is 0 Å². The van der Waals surface area contributed by atoms with E-state index in [9.17, 15) is 4.39 Å². The summed E-state index contributed by atoms with van der Waals surface area (Å²) in [7, 11) is 0. The molecule has 0 radical (unpaired) electrons. The zero-order chi connectivity index (χ0) is 23.8. The lowest BCUT2D eigenvalue weighted by Gasteiger charge is -2.12. The molecule has 0 saturated carbocycles. The fraction of sp³-hybridized carbons (Fsp3) is 0.321. The number of halogens is 1. The Morgan fingerprint density at radius 3 is 2.76 bits per heavy atom. The van der Waals surface area contributed by atoms with Crippen molar-refractivity contribution in [3.05, 3.63) is 95.3 Å². The highest BCUT2D eigenvalue weighted by atomic mass is 19.1. The molecule has 0 fully saturated rings. The molecule has 4 aromatic rings. The number of benzene rings is 2. The molecule has 34 heavy (non-hydrogen) atoms. The summed E-state index contributed by atoms with van der Waals surface area (Å²) in [4.78, 5) is 4.13. The number of aryl methyl sites for hydroxylation is 2. The Bertz CT molecular complexity index is 1190. The smallest absolute Gasteiger partial charge is 0.138 e. The van der Waals surface area contributed by atoms with Gasteiger partial charge >= 0.3 is 0 Å². The summed E-state index contributed by atoms with van der Waals surface area (Å²) in [6.45, 7) is 3.63. The predicted molar refractivity (Wildman–Crippen MR) is 131 cm³/mol. The highest BCUT2D eigenvalue weighted by Gasteiger charge is 2.15. The van der Waals surface area contributed by atoms with Gasteiger partial charge in [-0.25, -0.2) is 4.39 Å². The van der Waals surface area contributed by atoms with Crippen molar-refractivity contribution in [1.82, 2.24) is 4.98 Å². The number of hydrogen-bond acceptors (Lipinski definition) is 5. The van der Waals surface area contributed by atoms with Crippen LogP contribution in [0.15, 0.2) is 71.4 Å². The van der Waals surface area contributed by atoms with E-state index in [1.54, 1.807) is 12.3 Å². The lowest BCUT2D eigenvalue weighted by molar-refractivity contribution is 0.117. The number of furan rings is 1. The molecule has 4 rings (SSSR count). The Kier molecular flexibility index (Phi) is 8.28. The Hall–Kier alpha value is -3.22. The van der Waals surface area contributed by atoms with E-state index in [2.05, 4.69) is 11.9 Å². The number of pyridine rings is 1. The van der Waals surface area contributed by atoms with Crippen molar-refractivity contribution in [2.24, 2.45) is 5.73 Å². The number of aromatic nitrogens is 1. The molecule has 2 heterocycles. The van der Waals surface area contributed by atoms with Gasteiger partial charge in [-0.3, -0.25) is 4.98 Å². The first-order chi connectivity index (χ1) is 16.6. The normalized spacial score (nSPS) is 12.2. The molecule has 0 saturated heterocycles. The van der Waals surface area contributed by atoms with Crippen LogP contribution in [0.1, 0.15) is 47.8 Å². The highest BCUT2D eigenvalue weighted by Crippen LogP contribution is 2.34. The van der Waals surface area contributed by atoms with Crippen molar-refractivity contribution in [3.8, 4) is 5.75 Å². The second kappa shape index (κ2) is 11.8. The van der Waals surface area contributed by atoms with E-state index in [4.69, 9.17) is 19.6 Å². The molecule has 0 spiro atoms. The van der Waals surface area contributed by atoms with Gasteiger partial charge in [0.2, 0.25) is 0 Å². The van der Waals surface area contributed by atoms with Crippen LogP contribution in [0, 0.1) is 12.7 Å². The molecule has 0 amide bonds. The fourth-order valence-electron chi connectivity index (χ4n) is 4.07. The first-order valence-electron chi connectivity index (χ1n) is 11.7. The van der Waals surface area contributed by atoms with Gasteiger partial charge in [0.15, 0.2) is 0 Å². The second-order valence-electron chi connectivity index (χ2n) is 8.45. The quantitative estimate of drug-likeness (QED) is 0.251. The third-order valence-electron chi connectivity index (χ3n) is 5.89. The summed E-state index contributed by atoms with van der Waals surface area (Å²) < 4.78 is 31.2. The summed E-state index contributed by atoms with van der Waals surface area (Å²) in [5, 5.41) is 1.02. The van der Waals surface area contributed by atoms with Crippen molar-refractivity contribution < 1.29 is 18.3 Å². The maximum Gasteiger partial charge on any atom is 0.138 e. The third-order valence-corrected chi connectivity index (χ3v) is 5.89. The molecule has 2 aromatic heterocycles. The Morgan fingerprint density at radius 2 is 1.94 bits per heavy atom. The summed E-state index contributed by atoms with van der Waals surface area (Å²) in [5.74, 6) is 1.54. The van der Waals surface area contributed by atoms with Crippen LogP contribution in [-0.2, 0) is 17.8 Å². The molecule has 1 unspecified atom stereocenters. The minimum absolute atomic E-state index is 0.0431. The summed E-state index contributed by atoms with van der Waals surface area (Å²) in [5.41, 5.74) is 10.1. The van der Waals surface area contributed by atoms with Crippen LogP contribution in [0.2, 0.25) is 0 Å². The van der Waals surface area contributed by atoms with E-state index in [0.29, 0.717) is 19.8 Å². The first kappa shape index (κ1) is 23.9. The number of nitrogens with two attached hydrogens (primary N) is 1. The molecule has 0 aliphatic rings. The maximum atomic E-state index is 13.3. The Morgan fingerprint density at radius 1 is 1.06 bits per heavy atom. The maximum absolute atomic E-state index is 13.3. The van der Waals surface area contributed by atoms with Crippen molar-refractivity contribution >= 4 is 11.0 Å². The lowest BCUT2D eigenvalue weighted by atomic mass is 10.1. The van der Waals surface area contributed by atoms with Crippen LogP contribution >= 0.6 is 0 Å². The SMILES string of the molecule is Cc1c(CCCOCc2cccc(F)c2)oc2cccc(OCCCC(N)c3cccnc3)c12. The van der Waals surface area contributed by atoms with Crippen molar-refractivity contribution in [3.63, 3.8) is 0 Å². The standard InChI is InChI=1S/C28H31FN2O3/c1-20-25(13-6-15-32-19-21-7-2-9-23(29)17-21)34-27-12-3-11-26(28(20)27)33-16-5-10-24(30)22-8-4-14-31-18-22/h2-4,7-9,11-12,14,17-18,24H,5-6,10,13,15-16,19,30H2,1H3. The van der Waals surface area contributed by atoms with E-state index < -0.39 is 0 Å². The summed E-state index contributed by atoms with van der Waals surface area (Å²) >= 11 is 0. The molecule has 5 nitrogen and oxygen atoms in total. The monoisotopic (exact) mass is 462 g/mol. The van der Waals surface area contributed by atoms with Gasteiger partial charge in [0.1, 0.15) is 22.9 Å². The first-order valence-corrected chi connectivity index (χ1v) is 11.7. The number of ether oxygens (including phenoxy) is 2. The van der Waals surface area contributed by atoms with Crippen LogP contribution in [0.25, 0.3) is 11.0 Å². The van der Waals surface area contributed by atoms with Crippen molar-refractivity contribution in [2.45, 2.75) is 45.3 Å². The Labute approximate surface area is 199 Å². The zero-order valence-corrected chi connectivity index (χ0v) is 19.5. The number of hydrogen-bond donors (Lipinski definition) is 1. The van der Waals surface area contributed by atoms with Gasteiger partial charge in [-0.1, -0.05) is 24.3 Å². The molecular formula is C28H31FN2O3. The number of fused-ring (bicyclic) bond motifs is 1. The average Bonchev–Trinajstić information content (AvgIpc) is 3.18. The lowest BCUT2D eigenvalue weighted by Crippen LogP contribution is -2.12. The zero-order valence-electron chi connectivity index (χ0n) is 19.5. The van der Waals surface area contributed by atoms with Crippen molar-refractivity contribution in [2.75, 3.05) is 13.2 Å². The van der Waals surface area contributed by atoms with Gasteiger partial charge in [0.05, 0.1) is 18.6 Å². The number of nitrogens with zero attached hydrogens (tertiary/aromatic N) is 1.